The minimum Gasteiger partial charge on any atom is -0.478 e. The fourth-order valence-electron chi connectivity index (χ4n) is 4.34. The molecule has 1 N–H and O–H groups in total. The van der Waals surface area contributed by atoms with E-state index < -0.39 is 5.97 Å². The highest BCUT2D eigenvalue weighted by molar-refractivity contribution is 5.86. The van der Waals surface area contributed by atoms with Crippen molar-refractivity contribution < 1.29 is 9.90 Å². The molecule has 3 unspecified atom stereocenters. The van der Waals surface area contributed by atoms with Crippen LogP contribution in [0.15, 0.2) is 23.8 Å². The van der Waals surface area contributed by atoms with Crippen molar-refractivity contribution in [3.8, 4) is 0 Å². The third kappa shape index (κ3) is 1.22. The first-order valence-corrected chi connectivity index (χ1v) is 6.24. The van der Waals surface area contributed by atoms with Gasteiger partial charge < -0.3 is 5.11 Å². The molecule has 2 bridgehead atoms. The largest absolute Gasteiger partial charge is 0.478 e. The molecule has 3 rings (SSSR count). The number of allylic oxidation sites excluding steroid dienone is 2. The minimum atomic E-state index is -0.820. The minimum absolute atomic E-state index is 0.196. The maximum Gasteiger partial charge on any atom is 0.330 e. The predicted octanol–water partition coefficient (Wildman–Crippen LogP) is 3.15. The van der Waals surface area contributed by atoms with E-state index in [-0.39, 0.29) is 5.41 Å². The monoisotopic (exact) mass is 218 g/mol. The summed E-state index contributed by atoms with van der Waals surface area (Å²) < 4.78 is 0. The summed E-state index contributed by atoms with van der Waals surface area (Å²) >= 11 is 0. The summed E-state index contributed by atoms with van der Waals surface area (Å²) in [7, 11) is 0. The van der Waals surface area contributed by atoms with Crippen LogP contribution in [-0.4, -0.2) is 11.1 Å². The first-order chi connectivity index (χ1) is 7.62. The van der Waals surface area contributed by atoms with Crippen molar-refractivity contribution in [2.75, 3.05) is 0 Å². The van der Waals surface area contributed by atoms with Crippen LogP contribution >= 0.6 is 0 Å². The first kappa shape index (κ1) is 10.1. The highest BCUT2D eigenvalue weighted by atomic mass is 16.4. The summed E-state index contributed by atoms with van der Waals surface area (Å²) in [5.74, 6) is 0.811. The van der Waals surface area contributed by atoms with Crippen LogP contribution in [0.2, 0.25) is 0 Å². The molecular formula is C14H18O2. The molecule has 0 saturated heterocycles. The Morgan fingerprint density at radius 1 is 1.56 bits per heavy atom. The second-order valence-corrected chi connectivity index (χ2v) is 5.71. The van der Waals surface area contributed by atoms with Gasteiger partial charge in [-0.3, -0.25) is 0 Å². The molecule has 0 heterocycles. The van der Waals surface area contributed by atoms with Gasteiger partial charge in [0.25, 0.3) is 0 Å². The topological polar surface area (TPSA) is 37.3 Å². The molecule has 2 saturated carbocycles. The molecule has 0 spiro atoms. The molecule has 2 nitrogen and oxygen atoms in total. The van der Waals surface area contributed by atoms with Crippen LogP contribution in [0.5, 0.6) is 0 Å². The van der Waals surface area contributed by atoms with Crippen LogP contribution in [0.4, 0.5) is 0 Å². The third-order valence-corrected chi connectivity index (χ3v) is 4.92. The van der Waals surface area contributed by atoms with Gasteiger partial charge in [-0.05, 0) is 55.8 Å². The summed E-state index contributed by atoms with van der Waals surface area (Å²) in [5, 5.41) is 8.99. The average Bonchev–Trinajstić information content (AvgIpc) is 2.87. The van der Waals surface area contributed by atoms with E-state index in [0.29, 0.717) is 12.0 Å². The van der Waals surface area contributed by atoms with Crippen molar-refractivity contribution in [1.29, 1.82) is 0 Å². The summed E-state index contributed by atoms with van der Waals surface area (Å²) in [6, 6.07) is 0. The van der Waals surface area contributed by atoms with Crippen LogP contribution in [0, 0.1) is 17.3 Å². The molecule has 0 aromatic carbocycles. The maximum atomic E-state index is 10.9. The van der Waals surface area contributed by atoms with Crippen molar-refractivity contribution in [3.63, 3.8) is 0 Å². The molecule has 0 radical (unpaired) electrons. The predicted molar refractivity (Wildman–Crippen MR) is 62.0 cm³/mol. The molecule has 16 heavy (non-hydrogen) atoms. The lowest BCUT2D eigenvalue weighted by Crippen LogP contribution is -2.22. The van der Waals surface area contributed by atoms with Gasteiger partial charge in [-0.15, -0.1) is 0 Å². The smallest absolute Gasteiger partial charge is 0.330 e. The zero-order valence-corrected chi connectivity index (χ0v) is 9.54. The normalized spacial score (nSPS) is 39.6. The molecule has 0 amide bonds. The molecule has 3 aliphatic rings. The van der Waals surface area contributed by atoms with Crippen molar-refractivity contribution in [3.05, 3.63) is 23.8 Å². The SMILES string of the molecule is C=C(CC12CCC(C1)C1CCC=C12)C(=O)O. The Bertz CT molecular complexity index is 394. The summed E-state index contributed by atoms with van der Waals surface area (Å²) in [6.07, 6.45) is 9.29. The lowest BCUT2D eigenvalue weighted by molar-refractivity contribution is -0.133. The summed E-state index contributed by atoms with van der Waals surface area (Å²) in [5.41, 5.74) is 2.18. The van der Waals surface area contributed by atoms with Gasteiger partial charge in [0, 0.05) is 5.57 Å². The maximum absolute atomic E-state index is 10.9. The van der Waals surface area contributed by atoms with Gasteiger partial charge >= 0.3 is 5.97 Å². The fourth-order valence-corrected chi connectivity index (χ4v) is 4.34. The van der Waals surface area contributed by atoms with Crippen molar-refractivity contribution >= 4 is 5.97 Å². The van der Waals surface area contributed by atoms with Gasteiger partial charge in [0.2, 0.25) is 0 Å². The molecule has 2 fully saturated rings. The van der Waals surface area contributed by atoms with Crippen molar-refractivity contribution in [2.45, 2.75) is 38.5 Å². The Balaban J connectivity index is 1.88. The number of carbonyl (C=O) groups is 1. The molecule has 0 aromatic rings. The van der Waals surface area contributed by atoms with E-state index in [1.165, 1.54) is 32.1 Å². The molecule has 2 heteroatoms. The molecular weight excluding hydrogens is 200 g/mol. The van der Waals surface area contributed by atoms with Gasteiger partial charge in [-0.25, -0.2) is 4.79 Å². The molecule has 86 valence electrons. The van der Waals surface area contributed by atoms with Gasteiger partial charge in [-0.1, -0.05) is 18.2 Å². The Morgan fingerprint density at radius 2 is 2.38 bits per heavy atom. The zero-order valence-electron chi connectivity index (χ0n) is 9.54. The Morgan fingerprint density at radius 3 is 3.12 bits per heavy atom. The standard InChI is InChI=1S/C14H18O2/c1-9(13(15)16)7-14-6-5-10(8-14)11-3-2-4-12(11)14/h4,10-11H,1-3,5-8H2,(H,15,16). The number of hydrogen-bond acceptors (Lipinski definition) is 1. The third-order valence-electron chi connectivity index (χ3n) is 4.92. The molecule has 0 aliphatic heterocycles. The highest BCUT2D eigenvalue weighted by Gasteiger charge is 2.54. The van der Waals surface area contributed by atoms with Crippen LogP contribution in [-0.2, 0) is 4.79 Å². The Labute approximate surface area is 96.0 Å². The molecule has 3 aliphatic carbocycles. The Hall–Kier alpha value is -1.05. The number of carboxylic acids is 1. The number of rotatable bonds is 3. The van der Waals surface area contributed by atoms with Crippen molar-refractivity contribution in [1.82, 2.24) is 0 Å². The second-order valence-electron chi connectivity index (χ2n) is 5.71. The van der Waals surface area contributed by atoms with Gasteiger partial charge in [0.05, 0.1) is 0 Å². The second kappa shape index (κ2) is 3.22. The quantitative estimate of drug-likeness (QED) is 0.583. The Kier molecular flexibility index (Phi) is 2.04. The van der Waals surface area contributed by atoms with E-state index in [9.17, 15) is 4.79 Å². The number of aliphatic carboxylic acids is 1. The first-order valence-electron chi connectivity index (χ1n) is 6.24. The van der Waals surface area contributed by atoms with Gasteiger partial charge in [0.1, 0.15) is 0 Å². The van der Waals surface area contributed by atoms with Crippen LogP contribution in [0.3, 0.4) is 0 Å². The van der Waals surface area contributed by atoms with E-state index in [1.54, 1.807) is 5.57 Å². The lowest BCUT2D eigenvalue weighted by Gasteiger charge is -2.31. The lowest BCUT2D eigenvalue weighted by atomic mass is 9.73. The summed E-state index contributed by atoms with van der Waals surface area (Å²) in [6.45, 7) is 3.72. The van der Waals surface area contributed by atoms with Crippen LogP contribution < -0.4 is 0 Å². The fraction of sp³-hybridized carbons (Fsp3) is 0.643. The van der Waals surface area contributed by atoms with Crippen LogP contribution in [0.25, 0.3) is 0 Å². The number of hydrogen-bond donors (Lipinski definition) is 1. The van der Waals surface area contributed by atoms with E-state index in [2.05, 4.69) is 12.7 Å². The van der Waals surface area contributed by atoms with E-state index in [0.717, 1.165) is 11.8 Å². The molecule has 3 atom stereocenters. The van der Waals surface area contributed by atoms with Crippen LogP contribution in [0.1, 0.15) is 38.5 Å². The summed E-state index contributed by atoms with van der Waals surface area (Å²) in [4.78, 5) is 10.9. The highest BCUT2D eigenvalue weighted by Crippen LogP contribution is 2.65. The van der Waals surface area contributed by atoms with Gasteiger partial charge in [0.15, 0.2) is 0 Å². The number of carboxylic acid groups (broad SMARTS) is 1. The van der Waals surface area contributed by atoms with E-state index >= 15 is 0 Å². The van der Waals surface area contributed by atoms with E-state index in [1.807, 2.05) is 0 Å². The average molecular weight is 218 g/mol. The zero-order chi connectivity index (χ0) is 11.3. The van der Waals surface area contributed by atoms with E-state index in [4.69, 9.17) is 5.11 Å². The van der Waals surface area contributed by atoms with Crippen molar-refractivity contribution in [2.24, 2.45) is 17.3 Å². The molecule has 0 aromatic heterocycles. The van der Waals surface area contributed by atoms with Gasteiger partial charge in [-0.2, -0.15) is 0 Å². The number of fused-ring (bicyclic) bond motifs is 5.